The van der Waals surface area contributed by atoms with Gasteiger partial charge in [-0.15, -0.1) is 11.8 Å². The fourth-order valence-corrected chi connectivity index (χ4v) is 3.35. The number of thioether (sulfide) groups is 1. The number of carbonyl (C=O) groups is 1. The number of non-ortho nitro benzene ring substituents is 1. The first-order valence-electron chi connectivity index (χ1n) is 7.28. The Morgan fingerprint density at radius 1 is 1.29 bits per heavy atom. The summed E-state index contributed by atoms with van der Waals surface area (Å²) in [6.45, 7) is 1.87. The van der Waals surface area contributed by atoms with Crippen LogP contribution in [0.2, 0.25) is 0 Å². The summed E-state index contributed by atoms with van der Waals surface area (Å²) in [6, 6.07) is 6.62. The van der Waals surface area contributed by atoms with Crippen molar-refractivity contribution in [3.63, 3.8) is 0 Å². The molecule has 1 N–H and O–H groups in total. The second kappa shape index (κ2) is 7.45. The highest BCUT2D eigenvalue weighted by atomic mass is 32.2. The molecular weight excluding hydrogens is 288 g/mol. The minimum absolute atomic E-state index is 0.0465. The summed E-state index contributed by atoms with van der Waals surface area (Å²) < 4.78 is 0. The maximum Gasteiger partial charge on any atom is 0.269 e. The Balaban J connectivity index is 1.86. The summed E-state index contributed by atoms with van der Waals surface area (Å²) in [5, 5.41) is 13.5. The van der Waals surface area contributed by atoms with E-state index in [9.17, 15) is 14.9 Å². The molecule has 0 spiro atoms. The van der Waals surface area contributed by atoms with Crippen LogP contribution in [-0.2, 0) is 4.79 Å². The van der Waals surface area contributed by atoms with E-state index in [-0.39, 0.29) is 16.8 Å². The second-order valence-corrected chi connectivity index (χ2v) is 6.77. The molecule has 0 heterocycles. The molecule has 114 valence electrons. The minimum Gasteiger partial charge on any atom is -0.352 e. The molecule has 2 rings (SSSR count). The number of carbonyl (C=O) groups excluding carboxylic acids is 1. The molecule has 1 amide bonds. The van der Waals surface area contributed by atoms with Gasteiger partial charge < -0.3 is 5.32 Å². The molecule has 21 heavy (non-hydrogen) atoms. The van der Waals surface area contributed by atoms with Gasteiger partial charge in [-0.3, -0.25) is 14.9 Å². The van der Waals surface area contributed by atoms with Crippen LogP contribution in [0.4, 0.5) is 5.69 Å². The van der Waals surface area contributed by atoms with Crippen LogP contribution in [0.3, 0.4) is 0 Å². The van der Waals surface area contributed by atoms with Gasteiger partial charge in [-0.25, -0.2) is 0 Å². The van der Waals surface area contributed by atoms with Crippen molar-refractivity contribution in [2.45, 2.75) is 55.2 Å². The topological polar surface area (TPSA) is 72.2 Å². The molecule has 1 unspecified atom stereocenters. The van der Waals surface area contributed by atoms with E-state index < -0.39 is 4.92 Å². The van der Waals surface area contributed by atoms with Crippen molar-refractivity contribution >= 4 is 23.4 Å². The first kappa shape index (κ1) is 15.8. The third kappa shape index (κ3) is 4.74. The van der Waals surface area contributed by atoms with Crippen LogP contribution in [0.1, 0.15) is 39.0 Å². The molecule has 1 aliphatic rings. The quantitative estimate of drug-likeness (QED) is 0.513. The predicted octanol–water partition coefficient (Wildman–Crippen LogP) is 3.52. The number of benzene rings is 1. The molecule has 0 saturated heterocycles. The third-order valence-electron chi connectivity index (χ3n) is 3.68. The van der Waals surface area contributed by atoms with Gasteiger partial charge in [0.05, 0.1) is 10.2 Å². The molecule has 1 aliphatic carbocycles. The average molecular weight is 308 g/mol. The lowest BCUT2D eigenvalue weighted by Crippen LogP contribution is -2.40. The highest BCUT2D eigenvalue weighted by Gasteiger charge is 2.20. The molecule has 1 fully saturated rings. The SMILES string of the molecule is CC(Sc1ccc([N+](=O)[O-])cc1)C(=O)NC1CCCCC1. The maximum absolute atomic E-state index is 12.2. The zero-order valence-electron chi connectivity index (χ0n) is 12.1. The molecule has 5 nitrogen and oxygen atoms in total. The lowest BCUT2D eigenvalue weighted by atomic mass is 9.95. The van der Waals surface area contributed by atoms with E-state index in [0.717, 1.165) is 17.7 Å². The van der Waals surface area contributed by atoms with Gasteiger partial charge in [-0.2, -0.15) is 0 Å². The lowest BCUT2D eigenvalue weighted by Gasteiger charge is -2.24. The molecule has 0 radical (unpaired) electrons. The summed E-state index contributed by atoms with van der Waals surface area (Å²) in [5.74, 6) is 0.0465. The van der Waals surface area contributed by atoms with Crippen LogP contribution >= 0.6 is 11.8 Å². The van der Waals surface area contributed by atoms with Crippen molar-refractivity contribution in [2.75, 3.05) is 0 Å². The second-order valence-electron chi connectivity index (χ2n) is 5.35. The van der Waals surface area contributed by atoms with Crippen molar-refractivity contribution < 1.29 is 9.72 Å². The lowest BCUT2D eigenvalue weighted by molar-refractivity contribution is -0.384. The fourth-order valence-electron chi connectivity index (χ4n) is 2.47. The van der Waals surface area contributed by atoms with Crippen LogP contribution in [0.15, 0.2) is 29.2 Å². The zero-order valence-corrected chi connectivity index (χ0v) is 12.9. The molecule has 0 aromatic heterocycles. The normalized spacial score (nSPS) is 17.2. The van der Waals surface area contributed by atoms with Gasteiger partial charge in [0.15, 0.2) is 0 Å². The zero-order chi connectivity index (χ0) is 15.2. The standard InChI is InChI=1S/C15H20N2O3S/c1-11(15(18)16-12-5-3-2-4-6-12)21-14-9-7-13(8-10-14)17(19)20/h7-12H,2-6H2,1H3,(H,16,18). The van der Waals surface area contributed by atoms with Gasteiger partial charge >= 0.3 is 0 Å². The molecule has 1 aromatic rings. The average Bonchev–Trinajstić information content (AvgIpc) is 2.48. The highest BCUT2D eigenvalue weighted by Crippen LogP contribution is 2.26. The predicted molar refractivity (Wildman–Crippen MR) is 83.4 cm³/mol. The molecule has 0 aliphatic heterocycles. The van der Waals surface area contributed by atoms with Gasteiger partial charge in [-0.05, 0) is 31.9 Å². The van der Waals surface area contributed by atoms with Gasteiger partial charge in [0.25, 0.3) is 5.69 Å². The summed E-state index contributed by atoms with van der Waals surface area (Å²) in [6.07, 6.45) is 5.78. The van der Waals surface area contributed by atoms with Crippen LogP contribution < -0.4 is 5.32 Å². The summed E-state index contributed by atoms with van der Waals surface area (Å²) >= 11 is 1.43. The van der Waals surface area contributed by atoms with Crippen molar-refractivity contribution in [1.82, 2.24) is 5.32 Å². The van der Waals surface area contributed by atoms with E-state index in [0.29, 0.717) is 6.04 Å². The van der Waals surface area contributed by atoms with E-state index in [4.69, 9.17) is 0 Å². The van der Waals surface area contributed by atoms with Crippen LogP contribution in [0.5, 0.6) is 0 Å². The monoisotopic (exact) mass is 308 g/mol. The fraction of sp³-hybridized carbons (Fsp3) is 0.533. The first-order valence-corrected chi connectivity index (χ1v) is 8.15. The van der Waals surface area contributed by atoms with Crippen molar-refractivity contribution in [3.05, 3.63) is 34.4 Å². The van der Waals surface area contributed by atoms with Crippen LogP contribution in [-0.4, -0.2) is 22.1 Å². The summed E-state index contributed by atoms with van der Waals surface area (Å²) in [5.41, 5.74) is 0.0682. The number of nitrogens with one attached hydrogen (secondary N) is 1. The van der Waals surface area contributed by atoms with E-state index in [1.54, 1.807) is 12.1 Å². The Morgan fingerprint density at radius 2 is 1.90 bits per heavy atom. The Morgan fingerprint density at radius 3 is 2.48 bits per heavy atom. The van der Waals surface area contributed by atoms with E-state index in [1.165, 1.54) is 43.2 Å². The van der Waals surface area contributed by atoms with Gasteiger partial charge in [0, 0.05) is 23.1 Å². The van der Waals surface area contributed by atoms with Gasteiger partial charge in [0.1, 0.15) is 0 Å². The molecule has 1 atom stereocenters. The number of rotatable bonds is 5. The largest absolute Gasteiger partial charge is 0.352 e. The third-order valence-corrected chi connectivity index (χ3v) is 4.79. The van der Waals surface area contributed by atoms with Crippen molar-refractivity contribution in [3.8, 4) is 0 Å². The number of nitro groups is 1. The van der Waals surface area contributed by atoms with Crippen LogP contribution in [0.25, 0.3) is 0 Å². The van der Waals surface area contributed by atoms with Crippen molar-refractivity contribution in [1.29, 1.82) is 0 Å². The smallest absolute Gasteiger partial charge is 0.269 e. The van der Waals surface area contributed by atoms with E-state index in [2.05, 4.69) is 5.32 Å². The number of nitro benzene ring substituents is 1. The molecule has 1 aromatic carbocycles. The minimum atomic E-state index is -0.423. The number of nitrogens with zero attached hydrogens (tertiary/aromatic N) is 1. The Bertz CT molecular complexity index is 498. The van der Waals surface area contributed by atoms with Gasteiger partial charge in [-0.1, -0.05) is 19.3 Å². The first-order chi connectivity index (χ1) is 10.1. The maximum atomic E-state index is 12.2. The Labute approximate surface area is 128 Å². The van der Waals surface area contributed by atoms with Crippen molar-refractivity contribution in [2.24, 2.45) is 0 Å². The summed E-state index contributed by atoms with van der Waals surface area (Å²) in [7, 11) is 0. The van der Waals surface area contributed by atoms with E-state index >= 15 is 0 Å². The Hall–Kier alpha value is -1.56. The summed E-state index contributed by atoms with van der Waals surface area (Å²) in [4.78, 5) is 23.2. The number of hydrogen-bond acceptors (Lipinski definition) is 4. The molecule has 6 heteroatoms. The number of hydrogen-bond donors (Lipinski definition) is 1. The molecular formula is C15H20N2O3S. The molecule has 0 bridgehead atoms. The van der Waals surface area contributed by atoms with Gasteiger partial charge in [0.2, 0.25) is 5.91 Å². The molecule has 1 saturated carbocycles. The van der Waals surface area contributed by atoms with E-state index in [1.807, 2.05) is 6.92 Å². The Kier molecular flexibility index (Phi) is 5.61. The highest BCUT2D eigenvalue weighted by molar-refractivity contribution is 8.00. The van der Waals surface area contributed by atoms with Crippen LogP contribution in [0, 0.1) is 10.1 Å². The number of amides is 1.